The molecule has 5 rings (SSSR count). The van der Waals surface area contributed by atoms with E-state index in [0.717, 1.165) is 24.9 Å². The predicted octanol–water partition coefficient (Wildman–Crippen LogP) is 2.59. The molecular weight excluding hydrogens is 406 g/mol. The van der Waals surface area contributed by atoms with Gasteiger partial charge in [0.2, 0.25) is 5.88 Å². The van der Waals surface area contributed by atoms with Crippen molar-refractivity contribution in [3.63, 3.8) is 0 Å². The molecule has 1 saturated heterocycles. The fourth-order valence-corrected chi connectivity index (χ4v) is 3.78. The molecule has 0 aliphatic carbocycles. The van der Waals surface area contributed by atoms with Gasteiger partial charge in [-0.3, -0.25) is 4.79 Å². The van der Waals surface area contributed by atoms with E-state index < -0.39 is 0 Å². The summed E-state index contributed by atoms with van der Waals surface area (Å²) in [6, 6.07) is 13.2. The molecule has 0 radical (unpaired) electrons. The van der Waals surface area contributed by atoms with Gasteiger partial charge in [-0.05, 0) is 29.8 Å². The normalized spacial score (nSPS) is 14.4. The summed E-state index contributed by atoms with van der Waals surface area (Å²) in [6.07, 6.45) is 10.5. The van der Waals surface area contributed by atoms with E-state index in [1.54, 1.807) is 29.5 Å². The van der Waals surface area contributed by atoms with Crippen molar-refractivity contribution in [3.05, 3.63) is 84.7 Å². The monoisotopic (exact) mass is 429 g/mol. The Bertz CT molecular complexity index is 1130. The summed E-state index contributed by atoms with van der Waals surface area (Å²) < 4.78 is 9.62. The quantitative estimate of drug-likeness (QED) is 0.468. The van der Waals surface area contributed by atoms with Gasteiger partial charge in [0, 0.05) is 68.9 Å². The summed E-state index contributed by atoms with van der Waals surface area (Å²) in [5.41, 5.74) is 1.84. The lowest BCUT2D eigenvalue weighted by Gasteiger charge is -2.32. The zero-order valence-corrected chi connectivity index (χ0v) is 17.5. The van der Waals surface area contributed by atoms with Crippen molar-refractivity contribution in [2.45, 2.75) is 25.5 Å². The molecule has 0 atom stereocenters. The highest BCUT2D eigenvalue weighted by molar-refractivity contribution is 5.94. The van der Waals surface area contributed by atoms with Crippen molar-refractivity contribution in [1.29, 1.82) is 0 Å². The lowest BCUT2D eigenvalue weighted by atomic mass is 10.1. The van der Waals surface area contributed by atoms with Crippen LogP contribution in [0.3, 0.4) is 0 Å². The van der Waals surface area contributed by atoms with Gasteiger partial charge in [-0.15, -0.1) is 10.2 Å². The number of hydrogen-bond acceptors (Lipinski definition) is 6. The number of amides is 1. The van der Waals surface area contributed by atoms with Crippen LogP contribution in [0.15, 0.2) is 73.6 Å². The van der Waals surface area contributed by atoms with Crippen molar-refractivity contribution in [2.75, 3.05) is 13.1 Å². The Balaban J connectivity index is 1.13. The third kappa shape index (κ3) is 4.51. The number of hydrogen-bond donors (Lipinski definition) is 0. The first kappa shape index (κ1) is 19.9. The first-order chi connectivity index (χ1) is 15.7. The molecule has 0 saturated carbocycles. The van der Waals surface area contributed by atoms with Gasteiger partial charge in [-0.25, -0.2) is 9.67 Å². The Morgan fingerprint density at radius 2 is 1.84 bits per heavy atom. The lowest BCUT2D eigenvalue weighted by Crippen LogP contribution is -2.41. The number of piperidine rings is 1. The SMILES string of the molecule is O=C(c1ccc(Cn2ccnc2)cc1)N1CCC(Oc2ccc(-n3cccn3)nn2)CC1. The van der Waals surface area contributed by atoms with Crippen LogP contribution in [0.5, 0.6) is 5.88 Å². The number of aromatic nitrogens is 6. The maximum absolute atomic E-state index is 12.9. The third-order valence-electron chi connectivity index (χ3n) is 5.51. The minimum Gasteiger partial charge on any atom is -0.473 e. The summed E-state index contributed by atoms with van der Waals surface area (Å²) in [4.78, 5) is 18.8. The van der Waals surface area contributed by atoms with Crippen LogP contribution in [0.2, 0.25) is 0 Å². The van der Waals surface area contributed by atoms with Gasteiger partial charge in [0.05, 0.1) is 6.33 Å². The Morgan fingerprint density at radius 3 is 2.50 bits per heavy atom. The first-order valence-corrected chi connectivity index (χ1v) is 10.6. The Morgan fingerprint density at radius 1 is 1.00 bits per heavy atom. The van der Waals surface area contributed by atoms with Gasteiger partial charge >= 0.3 is 0 Å². The van der Waals surface area contributed by atoms with Crippen molar-refractivity contribution >= 4 is 5.91 Å². The minimum absolute atomic E-state index is 0.0152. The van der Waals surface area contributed by atoms with E-state index in [-0.39, 0.29) is 12.0 Å². The number of imidazole rings is 1. The fraction of sp³-hybridized carbons (Fsp3) is 0.261. The molecule has 4 aromatic rings. The fourth-order valence-electron chi connectivity index (χ4n) is 3.78. The van der Waals surface area contributed by atoms with Gasteiger partial charge in [-0.2, -0.15) is 5.10 Å². The number of likely N-dealkylation sites (tertiary alicyclic amines) is 1. The van der Waals surface area contributed by atoms with Gasteiger partial charge < -0.3 is 14.2 Å². The van der Waals surface area contributed by atoms with E-state index in [0.29, 0.717) is 30.4 Å². The molecule has 32 heavy (non-hydrogen) atoms. The van der Waals surface area contributed by atoms with Crippen molar-refractivity contribution < 1.29 is 9.53 Å². The highest BCUT2D eigenvalue weighted by Crippen LogP contribution is 2.19. The highest BCUT2D eigenvalue weighted by atomic mass is 16.5. The topological polar surface area (TPSA) is 91.0 Å². The van der Waals surface area contributed by atoms with Crippen LogP contribution in [-0.2, 0) is 6.54 Å². The van der Waals surface area contributed by atoms with E-state index in [2.05, 4.69) is 20.3 Å². The largest absolute Gasteiger partial charge is 0.473 e. The number of benzene rings is 1. The van der Waals surface area contributed by atoms with Crippen molar-refractivity contribution in [2.24, 2.45) is 0 Å². The van der Waals surface area contributed by atoms with E-state index >= 15 is 0 Å². The van der Waals surface area contributed by atoms with Crippen LogP contribution in [0.1, 0.15) is 28.8 Å². The molecule has 0 unspecified atom stereocenters. The average molecular weight is 429 g/mol. The van der Waals surface area contributed by atoms with Crippen LogP contribution < -0.4 is 4.74 Å². The van der Waals surface area contributed by atoms with E-state index in [4.69, 9.17) is 4.74 Å². The van der Waals surface area contributed by atoms with Crippen molar-refractivity contribution in [1.82, 2.24) is 34.4 Å². The molecule has 0 bridgehead atoms. The van der Waals surface area contributed by atoms with Gasteiger partial charge in [0.25, 0.3) is 5.91 Å². The molecule has 9 nitrogen and oxygen atoms in total. The van der Waals surface area contributed by atoms with Crippen molar-refractivity contribution in [3.8, 4) is 11.7 Å². The highest BCUT2D eigenvalue weighted by Gasteiger charge is 2.25. The third-order valence-corrected chi connectivity index (χ3v) is 5.51. The Labute approximate surface area is 185 Å². The van der Waals surface area contributed by atoms with Crippen LogP contribution >= 0.6 is 0 Å². The van der Waals surface area contributed by atoms with E-state index in [9.17, 15) is 4.79 Å². The maximum Gasteiger partial charge on any atom is 0.253 e. The molecule has 162 valence electrons. The molecular formula is C23H23N7O2. The zero-order chi connectivity index (χ0) is 21.8. The number of carbonyl (C=O) groups is 1. The standard InChI is InChI=1S/C23H23N7O2/c31-23(19-4-2-18(3-5-19)16-28-15-11-24-17-28)29-13-8-20(9-14-29)32-22-7-6-21(26-27-22)30-12-1-10-25-30/h1-7,10-12,15,17,20H,8-9,13-14,16H2. The first-order valence-electron chi connectivity index (χ1n) is 10.6. The van der Waals surface area contributed by atoms with Gasteiger partial charge in [0.1, 0.15) is 6.10 Å². The summed E-state index contributed by atoms with van der Waals surface area (Å²) in [5, 5.41) is 12.4. The van der Waals surface area contributed by atoms with Crippen LogP contribution in [0.4, 0.5) is 0 Å². The zero-order valence-electron chi connectivity index (χ0n) is 17.5. The van der Waals surface area contributed by atoms with E-state index in [1.807, 2.05) is 58.3 Å². The average Bonchev–Trinajstić information content (AvgIpc) is 3.55. The summed E-state index contributed by atoms with van der Waals surface area (Å²) >= 11 is 0. The Hall–Kier alpha value is -4.01. The van der Waals surface area contributed by atoms with Crippen LogP contribution in [0, 0.1) is 0 Å². The molecule has 1 aromatic carbocycles. The molecule has 9 heteroatoms. The second-order valence-electron chi connectivity index (χ2n) is 7.72. The molecule has 3 aromatic heterocycles. The summed E-state index contributed by atoms with van der Waals surface area (Å²) in [7, 11) is 0. The Kier molecular flexibility index (Phi) is 5.61. The minimum atomic E-state index is 0.0152. The number of ether oxygens (including phenoxy) is 1. The lowest BCUT2D eigenvalue weighted by molar-refractivity contribution is 0.0586. The molecule has 1 aliphatic rings. The van der Waals surface area contributed by atoms with Gasteiger partial charge in [-0.1, -0.05) is 12.1 Å². The second-order valence-corrected chi connectivity index (χ2v) is 7.72. The van der Waals surface area contributed by atoms with Gasteiger partial charge in [0.15, 0.2) is 5.82 Å². The maximum atomic E-state index is 12.9. The number of rotatable bonds is 6. The predicted molar refractivity (Wildman–Crippen MR) is 116 cm³/mol. The molecule has 1 fully saturated rings. The number of nitrogens with zero attached hydrogens (tertiary/aromatic N) is 7. The molecule has 1 aliphatic heterocycles. The molecule has 4 heterocycles. The second kappa shape index (κ2) is 9.01. The van der Waals surface area contributed by atoms with Crippen LogP contribution in [0.25, 0.3) is 5.82 Å². The summed E-state index contributed by atoms with van der Waals surface area (Å²) in [6.45, 7) is 2.04. The molecule has 0 N–H and O–H groups in total. The summed E-state index contributed by atoms with van der Waals surface area (Å²) in [5.74, 6) is 1.18. The molecule has 1 amide bonds. The smallest absolute Gasteiger partial charge is 0.253 e. The van der Waals surface area contributed by atoms with Crippen LogP contribution in [-0.4, -0.2) is 59.5 Å². The molecule has 0 spiro atoms. The van der Waals surface area contributed by atoms with E-state index in [1.165, 1.54) is 0 Å². The number of carbonyl (C=O) groups excluding carboxylic acids is 1.